The quantitative estimate of drug-likeness (QED) is 0.0667. The lowest BCUT2D eigenvalue weighted by molar-refractivity contribution is -0.137. The zero-order valence-corrected chi connectivity index (χ0v) is 30.9. The van der Waals surface area contributed by atoms with Gasteiger partial charge in [0.15, 0.2) is 0 Å². The molecule has 0 heterocycles. The van der Waals surface area contributed by atoms with E-state index < -0.39 is 43.7 Å². The SMILES string of the molecule is CCCCCCCCN(CCCCCCCC)C(=O)[C@H](C)NC(=O)[C@@H](NC(=O)[C@H](Cc1ccc(OP(=O)(O)O)cc1)NC(C)=O)C(C)C. The first kappa shape index (κ1) is 43.1. The highest BCUT2D eigenvalue weighted by Gasteiger charge is 2.31. The van der Waals surface area contributed by atoms with Crippen molar-refractivity contribution in [2.75, 3.05) is 13.1 Å². The molecule has 12 nitrogen and oxygen atoms in total. The van der Waals surface area contributed by atoms with Crippen molar-refractivity contribution >= 4 is 31.5 Å². The summed E-state index contributed by atoms with van der Waals surface area (Å²) in [5.41, 5.74) is 0.586. The molecule has 0 saturated heterocycles. The molecule has 0 unspecified atom stereocenters. The fraction of sp³-hybridized carbons (Fsp3) is 0.714. The summed E-state index contributed by atoms with van der Waals surface area (Å²) in [6, 6.07) is 2.97. The van der Waals surface area contributed by atoms with Crippen molar-refractivity contribution < 1.29 is 38.1 Å². The van der Waals surface area contributed by atoms with Gasteiger partial charge >= 0.3 is 7.82 Å². The van der Waals surface area contributed by atoms with Crippen molar-refractivity contribution in [1.29, 1.82) is 0 Å². The molecule has 1 rings (SSSR count). The summed E-state index contributed by atoms with van der Waals surface area (Å²) >= 11 is 0. The highest BCUT2D eigenvalue weighted by Crippen LogP contribution is 2.37. The summed E-state index contributed by atoms with van der Waals surface area (Å²) in [4.78, 5) is 72.3. The number of nitrogens with zero attached hydrogens (tertiary/aromatic N) is 1. The molecular weight excluding hydrogens is 635 g/mol. The number of benzene rings is 1. The van der Waals surface area contributed by atoms with Crippen molar-refractivity contribution in [2.45, 2.75) is 143 Å². The zero-order chi connectivity index (χ0) is 36.1. The van der Waals surface area contributed by atoms with Crippen LogP contribution in [0.5, 0.6) is 5.75 Å². The third-order valence-corrected chi connectivity index (χ3v) is 8.58. The summed E-state index contributed by atoms with van der Waals surface area (Å²) in [7, 11) is -4.73. The number of hydrogen-bond donors (Lipinski definition) is 5. The van der Waals surface area contributed by atoms with Crippen molar-refractivity contribution in [3.05, 3.63) is 29.8 Å². The van der Waals surface area contributed by atoms with Crippen LogP contribution in [-0.2, 0) is 30.2 Å². The van der Waals surface area contributed by atoms with Crippen LogP contribution in [0, 0.1) is 5.92 Å². The molecule has 5 N–H and O–H groups in total. The predicted molar refractivity (Wildman–Crippen MR) is 188 cm³/mol. The fourth-order valence-corrected chi connectivity index (χ4v) is 5.84. The lowest BCUT2D eigenvalue weighted by atomic mass is 10.0. The zero-order valence-electron chi connectivity index (χ0n) is 30.0. The Labute approximate surface area is 287 Å². The first-order valence-corrected chi connectivity index (χ1v) is 19.2. The molecule has 0 aliphatic rings. The minimum atomic E-state index is -4.73. The molecule has 0 bridgehead atoms. The van der Waals surface area contributed by atoms with Crippen LogP contribution in [0.4, 0.5) is 0 Å². The molecule has 0 fully saturated rings. The van der Waals surface area contributed by atoms with Crippen LogP contribution in [-0.4, -0.2) is 69.5 Å². The molecule has 0 spiro atoms. The Morgan fingerprint density at radius 2 is 1.25 bits per heavy atom. The second-order valence-electron chi connectivity index (χ2n) is 13.0. The third-order valence-electron chi connectivity index (χ3n) is 8.13. The molecule has 13 heteroatoms. The monoisotopic (exact) mass is 696 g/mol. The Balaban J connectivity index is 2.92. The highest BCUT2D eigenvalue weighted by atomic mass is 31.2. The van der Waals surface area contributed by atoms with E-state index in [4.69, 9.17) is 9.79 Å². The van der Waals surface area contributed by atoms with Gasteiger partial charge in [-0.3, -0.25) is 29.0 Å². The highest BCUT2D eigenvalue weighted by molar-refractivity contribution is 7.46. The van der Waals surface area contributed by atoms with Crippen LogP contribution in [0.25, 0.3) is 0 Å². The van der Waals surface area contributed by atoms with Gasteiger partial charge in [-0.05, 0) is 43.4 Å². The molecule has 0 aliphatic carbocycles. The van der Waals surface area contributed by atoms with E-state index in [0.29, 0.717) is 18.7 Å². The number of unbranched alkanes of at least 4 members (excludes halogenated alkanes) is 10. The molecule has 0 aromatic heterocycles. The molecule has 1 aromatic carbocycles. The van der Waals surface area contributed by atoms with E-state index in [0.717, 1.165) is 38.5 Å². The largest absolute Gasteiger partial charge is 0.524 e. The van der Waals surface area contributed by atoms with E-state index in [2.05, 4.69) is 34.3 Å². The first-order chi connectivity index (χ1) is 22.7. The van der Waals surface area contributed by atoms with Gasteiger partial charge in [-0.15, -0.1) is 0 Å². The van der Waals surface area contributed by atoms with Crippen LogP contribution in [0.15, 0.2) is 24.3 Å². The molecule has 274 valence electrons. The van der Waals surface area contributed by atoms with Gasteiger partial charge in [0.05, 0.1) is 0 Å². The van der Waals surface area contributed by atoms with Crippen molar-refractivity contribution in [3.63, 3.8) is 0 Å². The van der Waals surface area contributed by atoms with E-state index in [1.54, 1.807) is 20.8 Å². The van der Waals surface area contributed by atoms with E-state index in [1.807, 2.05) is 4.90 Å². The Morgan fingerprint density at radius 1 is 0.750 bits per heavy atom. The lowest BCUT2D eigenvalue weighted by Gasteiger charge is -2.29. The lowest BCUT2D eigenvalue weighted by Crippen LogP contribution is -2.58. The molecule has 48 heavy (non-hydrogen) atoms. The Bertz CT molecular complexity index is 1140. The maximum absolute atomic E-state index is 13.6. The Hall–Kier alpha value is -2.95. The molecule has 1 aromatic rings. The standard InChI is InChI=1S/C35H61N4O8P/c1-7-9-11-13-15-17-23-39(24-18-16-14-12-10-8-2)35(43)27(5)36-34(42)32(26(3)4)38-33(41)31(37-28(6)40)25-29-19-21-30(22-20-29)47-48(44,45)46/h19-22,26-27,31-32H,7-18,23-25H2,1-6H3,(H,36,42)(H,37,40)(H,38,41)(H2,44,45,46)/t27-,31-,32-/m0/s1. The fourth-order valence-electron chi connectivity index (χ4n) is 5.44. The second-order valence-corrected chi connectivity index (χ2v) is 14.2. The number of nitrogens with one attached hydrogen (secondary N) is 3. The van der Waals surface area contributed by atoms with Crippen LogP contribution >= 0.6 is 7.82 Å². The first-order valence-electron chi connectivity index (χ1n) is 17.7. The average Bonchev–Trinajstić information content (AvgIpc) is 3.01. The van der Waals surface area contributed by atoms with Crippen LogP contribution in [0.2, 0.25) is 0 Å². The summed E-state index contributed by atoms with van der Waals surface area (Å²) in [5, 5.41) is 8.19. The van der Waals surface area contributed by atoms with Crippen LogP contribution < -0.4 is 20.5 Å². The summed E-state index contributed by atoms with van der Waals surface area (Å²) in [6.07, 6.45) is 13.5. The predicted octanol–water partition coefficient (Wildman–Crippen LogP) is 5.40. The van der Waals surface area contributed by atoms with Gasteiger partial charge in [0.25, 0.3) is 0 Å². The van der Waals surface area contributed by atoms with Crippen molar-refractivity contribution in [3.8, 4) is 5.75 Å². The molecule has 0 saturated carbocycles. The maximum Gasteiger partial charge on any atom is 0.524 e. The average molecular weight is 697 g/mol. The minimum absolute atomic E-state index is 0.0504. The molecular formula is C35H61N4O8P. The number of carbonyl (C=O) groups is 4. The number of phosphoric acid groups is 1. The van der Waals surface area contributed by atoms with Crippen molar-refractivity contribution in [1.82, 2.24) is 20.9 Å². The number of amides is 4. The van der Waals surface area contributed by atoms with Crippen LogP contribution in [0.1, 0.15) is 124 Å². The van der Waals surface area contributed by atoms with E-state index >= 15 is 0 Å². The van der Waals surface area contributed by atoms with Gasteiger partial charge in [0, 0.05) is 26.4 Å². The van der Waals surface area contributed by atoms with E-state index in [-0.39, 0.29) is 24.0 Å². The van der Waals surface area contributed by atoms with Gasteiger partial charge in [0.1, 0.15) is 23.9 Å². The molecule has 0 radical (unpaired) electrons. The van der Waals surface area contributed by atoms with Crippen LogP contribution in [0.3, 0.4) is 0 Å². The van der Waals surface area contributed by atoms with Gasteiger partial charge in [0.2, 0.25) is 23.6 Å². The summed E-state index contributed by atoms with van der Waals surface area (Å²) < 4.78 is 15.7. The number of carbonyl (C=O) groups excluding carboxylic acids is 4. The third kappa shape index (κ3) is 18.6. The molecule has 4 amide bonds. The Morgan fingerprint density at radius 3 is 1.71 bits per heavy atom. The smallest absolute Gasteiger partial charge is 0.404 e. The second kappa shape index (κ2) is 23.4. The topological polar surface area (TPSA) is 174 Å². The van der Waals surface area contributed by atoms with Gasteiger partial charge in [-0.2, -0.15) is 0 Å². The molecule has 0 aliphatic heterocycles. The van der Waals surface area contributed by atoms with Gasteiger partial charge in [-0.25, -0.2) is 4.57 Å². The number of phosphoric ester groups is 1. The van der Waals surface area contributed by atoms with Crippen molar-refractivity contribution in [2.24, 2.45) is 5.92 Å². The number of rotatable bonds is 25. The van der Waals surface area contributed by atoms with E-state index in [1.165, 1.54) is 69.7 Å². The maximum atomic E-state index is 13.6. The normalized spacial score (nSPS) is 13.4. The van der Waals surface area contributed by atoms with Gasteiger partial charge in [-0.1, -0.05) is 104 Å². The molecule has 3 atom stereocenters. The minimum Gasteiger partial charge on any atom is -0.404 e. The van der Waals surface area contributed by atoms with Gasteiger partial charge < -0.3 is 25.4 Å². The number of hydrogen-bond acceptors (Lipinski definition) is 6. The Kier molecular flexibility index (Phi) is 21.0. The summed E-state index contributed by atoms with van der Waals surface area (Å²) in [5.74, 6) is -2.02. The van der Waals surface area contributed by atoms with E-state index in [9.17, 15) is 23.7 Å². The summed E-state index contributed by atoms with van der Waals surface area (Å²) in [6.45, 7) is 12.2.